The molecule has 0 heterocycles. The molecule has 1 N–H and O–H groups in total. The Hall–Kier alpha value is -0.470. The first-order valence-electron chi connectivity index (χ1n) is 6.39. The minimum atomic E-state index is -3.50. The van der Waals surface area contributed by atoms with Crippen molar-refractivity contribution in [3.05, 3.63) is 28.2 Å². The highest BCUT2D eigenvalue weighted by Crippen LogP contribution is 2.26. The van der Waals surface area contributed by atoms with Crippen molar-refractivity contribution < 1.29 is 13.2 Å². The lowest BCUT2D eigenvalue weighted by Crippen LogP contribution is -2.34. The molecule has 1 aromatic carbocycles. The first-order chi connectivity index (χ1) is 9.47. The van der Waals surface area contributed by atoms with Crippen LogP contribution in [0.2, 0.25) is 0 Å². The van der Waals surface area contributed by atoms with E-state index in [2.05, 4.69) is 21.2 Å². The largest absolute Gasteiger partial charge is 0.383 e. The van der Waals surface area contributed by atoms with E-state index >= 15 is 0 Å². The average Bonchev–Trinajstić information content (AvgIpc) is 2.39. The van der Waals surface area contributed by atoms with Gasteiger partial charge in [0.2, 0.25) is 10.0 Å². The predicted octanol–water partition coefficient (Wildman–Crippen LogP) is 1.83. The van der Waals surface area contributed by atoms with E-state index in [0.717, 1.165) is 5.56 Å². The molecule has 0 aliphatic carbocycles. The van der Waals surface area contributed by atoms with Gasteiger partial charge in [-0.2, -0.15) is 4.31 Å². The van der Waals surface area contributed by atoms with Gasteiger partial charge in [-0.05, 0) is 40.7 Å². The average molecular weight is 365 g/mol. The van der Waals surface area contributed by atoms with Crippen molar-refractivity contribution in [2.24, 2.45) is 0 Å². The van der Waals surface area contributed by atoms with Gasteiger partial charge in [-0.25, -0.2) is 8.42 Å². The fourth-order valence-corrected chi connectivity index (χ4v) is 4.37. The third kappa shape index (κ3) is 4.26. The molecule has 0 spiro atoms. The summed E-state index contributed by atoms with van der Waals surface area (Å²) in [6.07, 6.45) is 0. The second-order valence-corrected chi connectivity index (χ2v) is 7.05. The minimum Gasteiger partial charge on any atom is -0.383 e. The summed E-state index contributed by atoms with van der Waals surface area (Å²) in [6.45, 7) is 3.65. The Kier molecular flexibility index (Phi) is 7.11. The van der Waals surface area contributed by atoms with Crippen LogP contribution in [-0.4, -0.2) is 46.6 Å². The zero-order chi connectivity index (χ0) is 15.2. The molecule has 0 atom stereocenters. The van der Waals surface area contributed by atoms with E-state index in [-0.39, 0.29) is 4.90 Å². The molecule has 5 nitrogen and oxygen atoms in total. The smallest absolute Gasteiger partial charge is 0.244 e. The number of nitrogens with zero attached hydrogens (tertiary/aromatic N) is 1. The van der Waals surface area contributed by atoms with Gasteiger partial charge in [0.05, 0.1) is 11.5 Å². The van der Waals surface area contributed by atoms with Crippen LogP contribution < -0.4 is 5.32 Å². The maximum Gasteiger partial charge on any atom is 0.244 e. The van der Waals surface area contributed by atoms with Gasteiger partial charge in [0, 0.05) is 31.2 Å². The standard InChI is InChI=1S/C13H21BrN2O3S/c1-4-16(7-8-19-3)20(17,18)13-6-5-11(10-15-2)9-12(13)14/h5-6,9,15H,4,7-8,10H2,1-3H3. The number of methoxy groups -OCH3 is 1. The molecule has 114 valence electrons. The topological polar surface area (TPSA) is 58.6 Å². The van der Waals surface area contributed by atoms with Crippen LogP contribution in [0.3, 0.4) is 0 Å². The summed E-state index contributed by atoms with van der Waals surface area (Å²) in [5.74, 6) is 0. The van der Waals surface area contributed by atoms with Crippen molar-refractivity contribution in [1.29, 1.82) is 0 Å². The van der Waals surface area contributed by atoms with Gasteiger partial charge in [0.15, 0.2) is 0 Å². The van der Waals surface area contributed by atoms with Crippen LogP contribution in [0.5, 0.6) is 0 Å². The van der Waals surface area contributed by atoms with Crippen LogP contribution in [0.15, 0.2) is 27.6 Å². The van der Waals surface area contributed by atoms with Crippen molar-refractivity contribution in [2.45, 2.75) is 18.4 Å². The maximum absolute atomic E-state index is 12.6. The molecule has 0 unspecified atom stereocenters. The first-order valence-corrected chi connectivity index (χ1v) is 8.62. The van der Waals surface area contributed by atoms with Gasteiger partial charge in [-0.3, -0.25) is 0 Å². The van der Waals surface area contributed by atoms with Crippen LogP contribution in [0.25, 0.3) is 0 Å². The summed E-state index contributed by atoms with van der Waals surface area (Å²) in [7, 11) is -0.0919. The van der Waals surface area contributed by atoms with Gasteiger partial charge in [0.1, 0.15) is 0 Å². The zero-order valence-corrected chi connectivity index (χ0v) is 14.4. The summed E-state index contributed by atoms with van der Waals surface area (Å²) < 4.78 is 32.1. The Bertz CT molecular complexity index is 534. The van der Waals surface area contributed by atoms with Crippen LogP contribution in [0.1, 0.15) is 12.5 Å². The quantitative estimate of drug-likeness (QED) is 0.764. The molecule has 0 aliphatic rings. The molecular formula is C13H21BrN2O3S. The van der Waals surface area contributed by atoms with E-state index in [9.17, 15) is 8.42 Å². The first kappa shape index (κ1) is 17.6. The highest BCUT2D eigenvalue weighted by molar-refractivity contribution is 9.10. The van der Waals surface area contributed by atoms with Crippen molar-refractivity contribution in [3.8, 4) is 0 Å². The molecule has 0 aromatic heterocycles. The van der Waals surface area contributed by atoms with Gasteiger partial charge >= 0.3 is 0 Å². The third-order valence-electron chi connectivity index (χ3n) is 2.89. The number of nitrogens with one attached hydrogen (secondary N) is 1. The van der Waals surface area contributed by atoms with Crippen molar-refractivity contribution in [2.75, 3.05) is 33.9 Å². The summed E-state index contributed by atoms with van der Waals surface area (Å²) in [5.41, 5.74) is 1.03. The molecule has 0 fully saturated rings. The third-order valence-corrected chi connectivity index (χ3v) is 5.84. The Morgan fingerprint density at radius 1 is 1.40 bits per heavy atom. The number of halogens is 1. The second-order valence-electron chi connectivity index (χ2n) is 4.28. The monoisotopic (exact) mass is 364 g/mol. The zero-order valence-electron chi connectivity index (χ0n) is 12.0. The van der Waals surface area contributed by atoms with Crippen molar-refractivity contribution >= 4 is 26.0 Å². The fraction of sp³-hybridized carbons (Fsp3) is 0.538. The molecule has 0 saturated carbocycles. The summed E-state index contributed by atoms with van der Waals surface area (Å²) in [5, 5.41) is 3.03. The van der Waals surface area contributed by atoms with E-state index < -0.39 is 10.0 Å². The molecule has 1 aromatic rings. The van der Waals surface area contributed by atoms with Crippen LogP contribution in [-0.2, 0) is 21.3 Å². The van der Waals surface area contributed by atoms with Gasteiger partial charge in [-0.1, -0.05) is 13.0 Å². The SMILES string of the molecule is CCN(CCOC)S(=O)(=O)c1ccc(CNC)cc1Br. The Morgan fingerprint density at radius 2 is 2.10 bits per heavy atom. The molecule has 0 bridgehead atoms. The van der Waals surface area contributed by atoms with E-state index in [0.29, 0.717) is 30.7 Å². The van der Waals surface area contributed by atoms with E-state index in [4.69, 9.17) is 4.74 Å². The lowest BCUT2D eigenvalue weighted by Gasteiger charge is -2.21. The number of sulfonamides is 1. The highest BCUT2D eigenvalue weighted by atomic mass is 79.9. The van der Waals surface area contributed by atoms with Gasteiger partial charge < -0.3 is 10.1 Å². The van der Waals surface area contributed by atoms with E-state index in [1.165, 1.54) is 4.31 Å². The van der Waals surface area contributed by atoms with E-state index in [1.54, 1.807) is 13.2 Å². The summed E-state index contributed by atoms with van der Waals surface area (Å²) >= 11 is 3.35. The van der Waals surface area contributed by atoms with Crippen LogP contribution >= 0.6 is 15.9 Å². The summed E-state index contributed by atoms with van der Waals surface area (Å²) in [6, 6.07) is 5.29. The van der Waals surface area contributed by atoms with E-state index in [1.807, 2.05) is 26.1 Å². The Labute approximate surface area is 129 Å². The van der Waals surface area contributed by atoms with Crippen LogP contribution in [0.4, 0.5) is 0 Å². The predicted molar refractivity (Wildman–Crippen MR) is 83.2 cm³/mol. The molecule has 0 amide bonds. The fourth-order valence-electron chi connectivity index (χ4n) is 1.85. The van der Waals surface area contributed by atoms with Crippen LogP contribution in [0, 0.1) is 0 Å². The normalized spacial score (nSPS) is 12.1. The Morgan fingerprint density at radius 3 is 2.60 bits per heavy atom. The number of ether oxygens (including phenoxy) is 1. The molecule has 0 radical (unpaired) electrons. The molecule has 0 aliphatic heterocycles. The van der Waals surface area contributed by atoms with Crippen molar-refractivity contribution in [3.63, 3.8) is 0 Å². The molecule has 0 saturated heterocycles. The number of benzene rings is 1. The lowest BCUT2D eigenvalue weighted by molar-refractivity contribution is 0.180. The van der Waals surface area contributed by atoms with Gasteiger partial charge in [0.25, 0.3) is 0 Å². The second kappa shape index (κ2) is 8.09. The number of hydrogen-bond donors (Lipinski definition) is 1. The number of rotatable bonds is 8. The summed E-state index contributed by atoms with van der Waals surface area (Å²) in [4.78, 5) is 0.287. The number of likely N-dealkylation sites (N-methyl/N-ethyl adjacent to an activating group) is 1. The highest BCUT2D eigenvalue weighted by Gasteiger charge is 2.25. The molecule has 20 heavy (non-hydrogen) atoms. The maximum atomic E-state index is 12.6. The molecule has 1 rings (SSSR count). The lowest BCUT2D eigenvalue weighted by atomic mass is 10.2. The molecular weight excluding hydrogens is 344 g/mol. The van der Waals surface area contributed by atoms with Crippen molar-refractivity contribution in [1.82, 2.24) is 9.62 Å². The molecule has 7 heteroatoms. The Balaban J connectivity index is 3.07. The minimum absolute atomic E-state index is 0.287. The van der Waals surface area contributed by atoms with Gasteiger partial charge in [-0.15, -0.1) is 0 Å². The number of hydrogen-bond acceptors (Lipinski definition) is 4.